The molecule has 0 spiro atoms. The first-order chi connectivity index (χ1) is 8.34. The van der Waals surface area contributed by atoms with Crippen molar-refractivity contribution >= 4 is 17.7 Å². The number of thioether (sulfide) groups is 1. The molecule has 0 radical (unpaired) electrons. The van der Waals surface area contributed by atoms with Crippen LogP contribution < -0.4 is 10.6 Å². The Morgan fingerprint density at radius 3 is 3.12 bits per heavy atom. The molecule has 0 aromatic rings. The van der Waals surface area contributed by atoms with E-state index in [1.807, 2.05) is 11.8 Å². The minimum atomic E-state index is 0.152. The Kier molecular flexibility index (Phi) is 5.61. The Hall–Kier alpha value is -0.260. The first kappa shape index (κ1) is 13.2. The maximum absolute atomic E-state index is 11.7. The summed E-state index contributed by atoms with van der Waals surface area (Å²) in [6, 6.07) is 0.348. The third-order valence-electron chi connectivity index (χ3n) is 3.23. The Morgan fingerprint density at radius 1 is 1.47 bits per heavy atom. The van der Waals surface area contributed by atoms with Gasteiger partial charge < -0.3 is 15.4 Å². The van der Waals surface area contributed by atoms with Crippen molar-refractivity contribution in [2.45, 2.75) is 37.8 Å². The maximum Gasteiger partial charge on any atom is 0.221 e. The van der Waals surface area contributed by atoms with E-state index in [4.69, 9.17) is 4.74 Å². The number of ether oxygens (including phenoxy) is 1. The molecule has 2 unspecified atom stereocenters. The van der Waals surface area contributed by atoms with Crippen molar-refractivity contribution in [1.82, 2.24) is 10.6 Å². The van der Waals surface area contributed by atoms with E-state index >= 15 is 0 Å². The van der Waals surface area contributed by atoms with Gasteiger partial charge in [-0.25, -0.2) is 0 Å². The Bertz CT molecular complexity index is 239. The molecule has 2 atom stereocenters. The fourth-order valence-corrected chi connectivity index (χ4v) is 3.19. The molecule has 5 heteroatoms. The van der Waals surface area contributed by atoms with E-state index in [-0.39, 0.29) is 12.0 Å². The quantitative estimate of drug-likeness (QED) is 0.782. The number of rotatable bonds is 4. The summed E-state index contributed by atoms with van der Waals surface area (Å²) in [5.74, 6) is 2.36. The monoisotopic (exact) mass is 258 g/mol. The number of carbonyl (C=O) groups excluding carboxylic acids is 1. The van der Waals surface area contributed by atoms with Crippen molar-refractivity contribution in [3.8, 4) is 0 Å². The van der Waals surface area contributed by atoms with E-state index in [1.165, 1.54) is 6.42 Å². The Morgan fingerprint density at radius 2 is 2.41 bits per heavy atom. The Balaban J connectivity index is 1.59. The summed E-state index contributed by atoms with van der Waals surface area (Å²) in [5.41, 5.74) is 0. The highest BCUT2D eigenvalue weighted by Gasteiger charge is 2.18. The van der Waals surface area contributed by atoms with Crippen molar-refractivity contribution in [2.75, 3.05) is 31.2 Å². The second-order valence-corrected chi connectivity index (χ2v) is 5.87. The summed E-state index contributed by atoms with van der Waals surface area (Å²) in [7, 11) is 0. The van der Waals surface area contributed by atoms with Crippen LogP contribution in [0.3, 0.4) is 0 Å². The molecule has 98 valence electrons. The topological polar surface area (TPSA) is 50.4 Å². The number of nitrogens with one attached hydrogen (secondary N) is 2. The lowest BCUT2D eigenvalue weighted by Gasteiger charge is -2.25. The van der Waals surface area contributed by atoms with E-state index in [0.717, 1.165) is 37.5 Å². The molecular weight excluding hydrogens is 236 g/mol. The summed E-state index contributed by atoms with van der Waals surface area (Å²) in [6.45, 7) is 2.55. The van der Waals surface area contributed by atoms with E-state index in [2.05, 4.69) is 10.6 Å². The predicted molar refractivity (Wildman–Crippen MR) is 70.3 cm³/mol. The summed E-state index contributed by atoms with van der Waals surface area (Å²) in [6.07, 6.45) is 4.30. The molecule has 2 rings (SSSR count). The van der Waals surface area contributed by atoms with Gasteiger partial charge in [-0.1, -0.05) is 0 Å². The average molecular weight is 258 g/mol. The van der Waals surface area contributed by atoms with Crippen LogP contribution in [0.2, 0.25) is 0 Å². The SMILES string of the molecule is O=C(CC1CSCCN1)NCC1CCCCO1. The van der Waals surface area contributed by atoms with Gasteiger partial charge in [0.15, 0.2) is 0 Å². The summed E-state index contributed by atoms with van der Waals surface area (Å²) in [4.78, 5) is 11.7. The van der Waals surface area contributed by atoms with Gasteiger partial charge in [-0.05, 0) is 19.3 Å². The van der Waals surface area contributed by atoms with E-state index in [9.17, 15) is 4.79 Å². The van der Waals surface area contributed by atoms with Crippen LogP contribution in [0.5, 0.6) is 0 Å². The molecule has 2 N–H and O–H groups in total. The van der Waals surface area contributed by atoms with Crippen molar-refractivity contribution in [2.24, 2.45) is 0 Å². The molecule has 1 amide bonds. The van der Waals surface area contributed by atoms with Crippen molar-refractivity contribution in [3.63, 3.8) is 0 Å². The summed E-state index contributed by atoms with van der Waals surface area (Å²) >= 11 is 1.92. The van der Waals surface area contributed by atoms with Gasteiger partial charge in [0.05, 0.1) is 6.10 Å². The minimum Gasteiger partial charge on any atom is -0.376 e. The zero-order valence-electron chi connectivity index (χ0n) is 10.2. The lowest BCUT2D eigenvalue weighted by atomic mass is 10.1. The molecule has 0 bridgehead atoms. The van der Waals surface area contributed by atoms with Gasteiger partial charge in [0, 0.05) is 43.7 Å². The summed E-state index contributed by atoms with van der Waals surface area (Å²) < 4.78 is 5.58. The van der Waals surface area contributed by atoms with Crippen molar-refractivity contribution < 1.29 is 9.53 Å². The van der Waals surface area contributed by atoms with E-state index in [0.29, 0.717) is 19.0 Å². The van der Waals surface area contributed by atoms with Crippen LogP contribution in [0.25, 0.3) is 0 Å². The second kappa shape index (κ2) is 7.24. The number of hydrogen-bond acceptors (Lipinski definition) is 4. The maximum atomic E-state index is 11.7. The van der Waals surface area contributed by atoms with Gasteiger partial charge in [-0.3, -0.25) is 4.79 Å². The number of hydrogen-bond donors (Lipinski definition) is 2. The van der Waals surface area contributed by atoms with Gasteiger partial charge in [0.2, 0.25) is 5.91 Å². The standard InChI is InChI=1S/C12H22N2O2S/c15-12(7-10-9-17-6-4-13-10)14-8-11-3-1-2-5-16-11/h10-11,13H,1-9H2,(H,14,15). The highest BCUT2D eigenvalue weighted by atomic mass is 32.2. The first-order valence-corrected chi connectivity index (χ1v) is 7.69. The normalized spacial score (nSPS) is 29.9. The molecule has 2 aliphatic rings. The van der Waals surface area contributed by atoms with E-state index in [1.54, 1.807) is 0 Å². The van der Waals surface area contributed by atoms with Crippen molar-refractivity contribution in [1.29, 1.82) is 0 Å². The smallest absolute Gasteiger partial charge is 0.221 e. The third-order valence-corrected chi connectivity index (χ3v) is 4.36. The molecule has 0 aromatic carbocycles. The van der Waals surface area contributed by atoms with Crippen LogP contribution in [0, 0.1) is 0 Å². The van der Waals surface area contributed by atoms with Crippen LogP contribution in [0.1, 0.15) is 25.7 Å². The van der Waals surface area contributed by atoms with Gasteiger partial charge in [0.1, 0.15) is 0 Å². The molecule has 2 heterocycles. The molecule has 2 aliphatic heterocycles. The molecule has 2 saturated heterocycles. The van der Waals surface area contributed by atoms with Crippen LogP contribution in [0.4, 0.5) is 0 Å². The predicted octanol–water partition coefficient (Wildman–Crippen LogP) is 0.767. The third kappa shape index (κ3) is 4.85. The molecular formula is C12H22N2O2S. The first-order valence-electron chi connectivity index (χ1n) is 6.54. The zero-order valence-corrected chi connectivity index (χ0v) is 11.1. The number of carbonyl (C=O) groups is 1. The highest BCUT2D eigenvalue weighted by Crippen LogP contribution is 2.12. The molecule has 0 saturated carbocycles. The molecule has 0 aromatic heterocycles. The van der Waals surface area contributed by atoms with Gasteiger partial charge in [-0.2, -0.15) is 11.8 Å². The van der Waals surface area contributed by atoms with Crippen LogP contribution in [-0.4, -0.2) is 49.3 Å². The second-order valence-electron chi connectivity index (χ2n) is 4.72. The lowest BCUT2D eigenvalue weighted by Crippen LogP contribution is -2.43. The van der Waals surface area contributed by atoms with Crippen LogP contribution >= 0.6 is 11.8 Å². The fourth-order valence-electron chi connectivity index (χ4n) is 2.24. The van der Waals surface area contributed by atoms with Gasteiger partial charge in [-0.15, -0.1) is 0 Å². The molecule has 17 heavy (non-hydrogen) atoms. The van der Waals surface area contributed by atoms with Crippen LogP contribution in [-0.2, 0) is 9.53 Å². The van der Waals surface area contributed by atoms with Crippen molar-refractivity contribution in [3.05, 3.63) is 0 Å². The van der Waals surface area contributed by atoms with Gasteiger partial charge in [0.25, 0.3) is 0 Å². The zero-order chi connectivity index (χ0) is 11.9. The summed E-state index contributed by atoms with van der Waals surface area (Å²) in [5, 5.41) is 6.36. The number of amides is 1. The average Bonchev–Trinajstić information content (AvgIpc) is 2.39. The minimum absolute atomic E-state index is 0.152. The lowest BCUT2D eigenvalue weighted by molar-refractivity contribution is -0.122. The Labute approximate surface area is 107 Å². The fraction of sp³-hybridized carbons (Fsp3) is 0.917. The highest BCUT2D eigenvalue weighted by molar-refractivity contribution is 7.99. The molecule has 4 nitrogen and oxygen atoms in total. The van der Waals surface area contributed by atoms with E-state index < -0.39 is 0 Å². The molecule has 0 aliphatic carbocycles. The largest absolute Gasteiger partial charge is 0.376 e. The molecule has 2 fully saturated rings. The van der Waals surface area contributed by atoms with Gasteiger partial charge >= 0.3 is 0 Å². The van der Waals surface area contributed by atoms with Crippen LogP contribution in [0.15, 0.2) is 0 Å².